The lowest BCUT2D eigenvalue weighted by Crippen LogP contribution is -2.18. The molecule has 0 saturated carbocycles. The molecule has 0 saturated heterocycles. The van der Waals surface area contributed by atoms with Gasteiger partial charge in [0.15, 0.2) is 0 Å². The summed E-state index contributed by atoms with van der Waals surface area (Å²) < 4.78 is 0. The second-order valence-corrected chi connectivity index (χ2v) is 4.03. The zero-order valence-corrected chi connectivity index (χ0v) is 9.86. The van der Waals surface area contributed by atoms with Crippen LogP contribution in [0.5, 0.6) is 0 Å². The van der Waals surface area contributed by atoms with Gasteiger partial charge in [-0.2, -0.15) is 0 Å². The molecular weight excluding hydrogens is 200 g/mol. The molecule has 0 heterocycles. The van der Waals surface area contributed by atoms with E-state index in [2.05, 4.69) is 11.9 Å². The van der Waals surface area contributed by atoms with E-state index in [1.165, 1.54) is 5.69 Å². The van der Waals surface area contributed by atoms with Gasteiger partial charge in [0.05, 0.1) is 0 Å². The predicted octanol–water partition coefficient (Wildman–Crippen LogP) is 2.46. The van der Waals surface area contributed by atoms with Crippen LogP contribution in [0.1, 0.15) is 25.7 Å². The van der Waals surface area contributed by atoms with Crippen molar-refractivity contribution in [2.45, 2.75) is 25.7 Å². The Morgan fingerprint density at radius 2 is 1.88 bits per heavy atom. The first-order valence-corrected chi connectivity index (χ1v) is 5.74. The minimum absolute atomic E-state index is 0.686. The molecule has 16 heavy (non-hydrogen) atoms. The van der Waals surface area contributed by atoms with Crippen molar-refractivity contribution in [1.29, 1.82) is 0 Å². The summed E-state index contributed by atoms with van der Waals surface area (Å²) in [6.45, 7) is 1.02. The summed E-state index contributed by atoms with van der Waals surface area (Å²) in [6.07, 6.45) is 4.90. The number of nitrogens with zero attached hydrogens (tertiary/aromatic N) is 1. The maximum Gasteiger partial charge on any atom is 0.119 e. The third-order valence-electron chi connectivity index (χ3n) is 2.65. The number of rotatable bonds is 7. The predicted molar refractivity (Wildman–Crippen MR) is 68.7 cm³/mol. The summed E-state index contributed by atoms with van der Waals surface area (Å²) in [5, 5.41) is 0. The lowest BCUT2D eigenvalue weighted by molar-refractivity contribution is -0.107. The molecule has 0 aromatic heterocycles. The highest BCUT2D eigenvalue weighted by atomic mass is 16.1. The first kappa shape index (κ1) is 12.6. The molecular formula is C13H20N2O. The molecule has 0 aliphatic heterocycles. The van der Waals surface area contributed by atoms with Crippen LogP contribution in [0.3, 0.4) is 0 Å². The van der Waals surface area contributed by atoms with E-state index in [0.717, 1.165) is 37.8 Å². The van der Waals surface area contributed by atoms with Gasteiger partial charge >= 0.3 is 0 Å². The molecule has 0 unspecified atom stereocenters. The second-order valence-electron chi connectivity index (χ2n) is 4.03. The van der Waals surface area contributed by atoms with Gasteiger partial charge in [-0.25, -0.2) is 0 Å². The van der Waals surface area contributed by atoms with Gasteiger partial charge in [0.25, 0.3) is 0 Å². The van der Waals surface area contributed by atoms with Gasteiger partial charge < -0.3 is 15.4 Å². The van der Waals surface area contributed by atoms with Crippen molar-refractivity contribution in [1.82, 2.24) is 0 Å². The zero-order valence-electron chi connectivity index (χ0n) is 9.86. The number of carbonyl (C=O) groups excluding carboxylic acids is 1. The van der Waals surface area contributed by atoms with Crippen molar-refractivity contribution in [3.05, 3.63) is 24.3 Å². The van der Waals surface area contributed by atoms with E-state index in [-0.39, 0.29) is 0 Å². The maximum absolute atomic E-state index is 10.1. The molecule has 0 fully saturated rings. The first-order chi connectivity index (χ1) is 7.74. The minimum Gasteiger partial charge on any atom is -0.399 e. The molecule has 0 atom stereocenters. The standard InChI is InChI=1S/C13H20N2O/c1-15(10-4-2-3-5-11-16)13-8-6-12(14)7-9-13/h6-9,11H,2-5,10,14H2,1H3. The Hall–Kier alpha value is -1.51. The van der Waals surface area contributed by atoms with E-state index in [4.69, 9.17) is 5.73 Å². The molecule has 3 nitrogen and oxygen atoms in total. The number of anilines is 2. The van der Waals surface area contributed by atoms with E-state index < -0.39 is 0 Å². The van der Waals surface area contributed by atoms with Crippen molar-refractivity contribution in [2.75, 3.05) is 24.2 Å². The van der Waals surface area contributed by atoms with Crippen LogP contribution in [-0.2, 0) is 4.79 Å². The van der Waals surface area contributed by atoms with E-state index in [9.17, 15) is 4.79 Å². The molecule has 1 aromatic carbocycles. The summed E-state index contributed by atoms with van der Waals surface area (Å²) in [4.78, 5) is 12.3. The molecule has 1 aromatic rings. The van der Waals surface area contributed by atoms with Crippen LogP contribution in [0, 0.1) is 0 Å². The third kappa shape index (κ3) is 4.34. The van der Waals surface area contributed by atoms with E-state index in [0.29, 0.717) is 6.42 Å². The van der Waals surface area contributed by atoms with Crippen LogP contribution in [0.4, 0.5) is 11.4 Å². The first-order valence-electron chi connectivity index (χ1n) is 5.74. The largest absolute Gasteiger partial charge is 0.399 e. The van der Waals surface area contributed by atoms with Crippen LogP contribution in [0.2, 0.25) is 0 Å². The summed E-state index contributed by atoms with van der Waals surface area (Å²) in [5.74, 6) is 0. The number of nitrogens with two attached hydrogens (primary N) is 1. The average Bonchev–Trinajstić information content (AvgIpc) is 2.29. The van der Waals surface area contributed by atoms with Gasteiger partial charge in [-0.05, 0) is 37.1 Å². The van der Waals surface area contributed by atoms with E-state index in [1.54, 1.807) is 0 Å². The van der Waals surface area contributed by atoms with E-state index >= 15 is 0 Å². The Balaban J connectivity index is 2.26. The average molecular weight is 220 g/mol. The summed E-state index contributed by atoms with van der Waals surface area (Å²) in [5.41, 5.74) is 7.61. The molecule has 0 aliphatic rings. The molecule has 1 rings (SSSR count). The molecule has 0 spiro atoms. The van der Waals surface area contributed by atoms with Crippen LogP contribution in [0.25, 0.3) is 0 Å². The summed E-state index contributed by atoms with van der Waals surface area (Å²) >= 11 is 0. The Morgan fingerprint density at radius 3 is 2.50 bits per heavy atom. The quantitative estimate of drug-likeness (QED) is 0.436. The smallest absolute Gasteiger partial charge is 0.119 e. The number of nitrogen functional groups attached to an aromatic ring is 1. The number of hydrogen-bond donors (Lipinski definition) is 1. The third-order valence-corrected chi connectivity index (χ3v) is 2.65. The molecule has 0 amide bonds. The highest BCUT2D eigenvalue weighted by Gasteiger charge is 1.99. The van der Waals surface area contributed by atoms with E-state index in [1.807, 2.05) is 24.3 Å². The molecule has 0 aliphatic carbocycles. The van der Waals surface area contributed by atoms with Gasteiger partial charge in [0, 0.05) is 31.4 Å². The molecule has 0 radical (unpaired) electrons. The van der Waals surface area contributed by atoms with Crippen LogP contribution >= 0.6 is 0 Å². The number of hydrogen-bond acceptors (Lipinski definition) is 3. The van der Waals surface area contributed by atoms with Crippen LogP contribution < -0.4 is 10.6 Å². The Labute approximate surface area is 97.2 Å². The number of benzene rings is 1. The normalized spacial score (nSPS) is 10.1. The fourth-order valence-electron chi connectivity index (χ4n) is 1.61. The van der Waals surface area contributed by atoms with Gasteiger partial charge in [-0.1, -0.05) is 6.42 Å². The van der Waals surface area contributed by atoms with Gasteiger partial charge in [0.1, 0.15) is 6.29 Å². The van der Waals surface area contributed by atoms with Crippen molar-refractivity contribution < 1.29 is 4.79 Å². The second kappa shape index (κ2) is 6.88. The molecule has 0 bridgehead atoms. The van der Waals surface area contributed by atoms with Crippen molar-refractivity contribution in [2.24, 2.45) is 0 Å². The Bertz CT molecular complexity index is 308. The van der Waals surface area contributed by atoms with Crippen LogP contribution in [-0.4, -0.2) is 19.9 Å². The monoisotopic (exact) mass is 220 g/mol. The number of unbranched alkanes of at least 4 members (excludes halogenated alkanes) is 3. The summed E-state index contributed by atoms with van der Waals surface area (Å²) in [6, 6.07) is 7.89. The van der Waals surface area contributed by atoms with Gasteiger partial charge in [0.2, 0.25) is 0 Å². The van der Waals surface area contributed by atoms with Gasteiger partial charge in [-0.3, -0.25) is 0 Å². The lowest BCUT2D eigenvalue weighted by Gasteiger charge is -2.19. The highest BCUT2D eigenvalue weighted by Crippen LogP contribution is 2.15. The number of carbonyl (C=O) groups is 1. The lowest BCUT2D eigenvalue weighted by atomic mass is 10.2. The fraction of sp³-hybridized carbons (Fsp3) is 0.462. The Kier molecular flexibility index (Phi) is 5.40. The Morgan fingerprint density at radius 1 is 1.19 bits per heavy atom. The van der Waals surface area contributed by atoms with Crippen molar-refractivity contribution >= 4 is 17.7 Å². The summed E-state index contributed by atoms with van der Waals surface area (Å²) in [7, 11) is 2.07. The van der Waals surface area contributed by atoms with Crippen LogP contribution in [0.15, 0.2) is 24.3 Å². The maximum atomic E-state index is 10.1. The van der Waals surface area contributed by atoms with Crippen molar-refractivity contribution in [3.63, 3.8) is 0 Å². The molecule has 3 heteroatoms. The minimum atomic E-state index is 0.686. The number of aldehydes is 1. The SMILES string of the molecule is CN(CCCCCC=O)c1ccc(N)cc1. The fourth-order valence-corrected chi connectivity index (χ4v) is 1.61. The van der Waals surface area contributed by atoms with Gasteiger partial charge in [-0.15, -0.1) is 0 Å². The zero-order chi connectivity index (χ0) is 11.8. The highest BCUT2D eigenvalue weighted by molar-refractivity contribution is 5.52. The molecule has 2 N–H and O–H groups in total. The molecule has 88 valence electrons. The topological polar surface area (TPSA) is 46.3 Å². The van der Waals surface area contributed by atoms with Crippen molar-refractivity contribution in [3.8, 4) is 0 Å².